The van der Waals surface area contributed by atoms with Crippen LogP contribution in [0.5, 0.6) is 11.5 Å². The van der Waals surface area contributed by atoms with E-state index in [-0.39, 0.29) is 5.56 Å². The van der Waals surface area contributed by atoms with Crippen LogP contribution in [0.25, 0.3) is 39.4 Å². The molecular formula is C35H34ClN5O3S. The molecule has 230 valence electrons. The fourth-order valence-corrected chi connectivity index (χ4v) is 6.00. The van der Waals surface area contributed by atoms with Gasteiger partial charge in [-0.1, -0.05) is 74.2 Å². The van der Waals surface area contributed by atoms with Gasteiger partial charge in [0, 0.05) is 22.9 Å². The number of aromatic nitrogens is 5. The zero-order chi connectivity index (χ0) is 31.2. The highest BCUT2D eigenvalue weighted by Gasteiger charge is 2.16. The molecule has 0 N–H and O–H groups in total. The highest BCUT2D eigenvalue weighted by atomic mass is 35.5. The minimum absolute atomic E-state index is 0.235. The van der Waals surface area contributed by atoms with Crippen molar-refractivity contribution in [3.05, 3.63) is 104 Å². The molecule has 0 saturated heterocycles. The number of fused-ring (bicyclic) bond motifs is 1. The molecule has 8 nitrogen and oxygen atoms in total. The smallest absolute Gasteiger partial charge is 0.291 e. The number of benzene rings is 3. The zero-order valence-electron chi connectivity index (χ0n) is 25.3. The van der Waals surface area contributed by atoms with Gasteiger partial charge >= 0.3 is 0 Å². The summed E-state index contributed by atoms with van der Waals surface area (Å²) in [5.41, 5.74) is 3.76. The summed E-state index contributed by atoms with van der Waals surface area (Å²) >= 11 is 7.91. The van der Waals surface area contributed by atoms with Crippen molar-refractivity contribution in [2.75, 3.05) is 13.2 Å². The van der Waals surface area contributed by atoms with Gasteiger partial charge in [0.2, 0.25) is 4.96 Å². The molecule has 0 fully saturated rings. The van der Waals surface area contributed by atoms with Crippen molar-refractivity contribution in [3.8, 4) is 39.8 Å². The van der Waals surface area contributed by atoms with E-state index < -0.39 is 0 Å². The van der Waals surface area contributed by atoms with Crippen LogP contribution in [-0.2, 0) is 0 Å². The topological polar surface area (TPSA) is 83.5 Å². The molecule has 3 heterocycles. The fraction of sp³-hybridized carbons (Fsp3) is 0.257. The SMILES string of the molecule is CCCCCOc1ccc(-c2nc3s/c(=C\c4cn(-c5ccccc5)nc4-c4ccc(OCCCC)c(Cl)c4)c(=O)n3n2)cc1. The number of hydrogen-bond acceptors (Lipinski definition) is 7. The van der Waals surface area contributed by atoms with E-state index in [0.29, 0.717) is 45.0 Å². The van der Waals surface area contributed by atoms with Gasteiger partial charge in [0.15, 0.2) is 5.82 Å². The lowest BCUT2D eigenvalue weighted by Crippen LogP contribution is -2.23. The normalized spacial score (nSPS) is 11.8. The highest BCUT2D eigenvalue weighted by molar-refractivity contribution is 7.15. The van der Waals surface area contributed by atoms with Crippen LogP contribution in [0.3, 0.4) is 0 Å². The Labute approximate surface area is 270 Å². The molecule has 45 heavy (non-hydrogen) atoms. The van der Waals surface area contributed by atoms with Crippen molar-refractivity contribution in [1.29, 1.82) is 0 Å². The Balaban J connectivity index is 1.32. The maximum Gasteiger partial charge on any atom is 0.291 e. The molecule has 3 aromatic heterocycles. The van der Waals surface area contributed by atoms with E-state index in [4.69, 9.17) is 26.2 Å². The molecule has 0 bridgehead atoms. The number of nitrogens with zero attached hydrogens (tertiary/aromatic N) is 5. The third-order valence-electron chi connectivity index (χ3n) is 7.32. The average molecular weight is 640 g/mol. The van der Waals surface area contributed by atoms with Gasteiger partial charge < -0.3 is 9.47 Å². The van der Waals surface area contributed by atoms with E-state index in [9.17, 15) is 4.79 Å². The summed E-state index contributed by atoms with van der Waals surface area (Å²) in [6.45, 7) is 5.59. The van der Waals surface area contributed by atoms with Gasteiger partial charge in [0.1, 0.15) is 17.2 Å². The van der Waals surface area contributed by atoms with Crippen LogP contribution >= 0.6 is 22.9 Å². The van der Waals surface area contributed by atoms with Gasteiger partial charge in [-0.3, -0.25) is 4.79 Å². The quantitative estimate of drug-likeness (QED) is 0.121. The monoisotopic (exact) mass is 639 g/mol. The van der Waals surface area contributed by atoms with E-state index in [1.807, 2.05) is 85.1 Å². The number of rotatable bonds is 13. The number of thiazole rings is 1. The van der Waals surface area contributed by atoms with Crippen molar-refractivity contribution in [3.63, 3.8) is 0 Å². The lowest BCUT2D eigenvalue weighted by Gasteiger charge is -2.09. The van der Waals surface area contributed by atoms with Crippen molar-refractivity contribution in [2.45, 2.75) is 46.0 Å². The largest absolute Gasteiger partial charge is 0.494 e. The summed E-state index contributed by atoms with van der Waals surface area (Å²) in [7, 11) is 0. The minimum atomic E-state index is -0.235. The number of hydrogen-bond donors (Lipinski definition) is 0. The van der Waals surface area contributed by atoms with Gasteiger partial charge in [-0.15, -0.1) is 5.10 Å². The first-order chi connectivity index (χ1) is 22.0. The van der Waals surface area contributed by atoms with Crippen molar-refractivity contribution >= 4 is 34.0 Å². The van der Waals surface area contributed by atoms with E-state index in [1.54, 1.807) is 4.68 Å². The standard InChI is InChI=1S/C35H34ClN5O3S/c1-3-5-10-20-43-28-16-13-24(14-17-28)33-37-35-41(39-33)34(42)31(45-35)22-26-23-40(27-11-8-7-9-12-27)38-32(26)25-15-18-30(29(36)21-25)44-19-6-4-2/h7-9,11-18,21-23H,3-6,10,19-20H2,1-2H3/b31-22-. The summed E-state index contributed by atoms with van der Waals surface area (Å²) in [6.07, 6.45) is 9.09. The summed E-state index contributed by atoms with van der Waals surface area (Å²) in [6, 6.07) is 23.2. The Morgan fingerprint density at radius 1 is 0.867 bits per heavy atom. The van der Waals surface area contributed by atoms with Gasteiger partial charge in [0.25, 0.3) is 5.56 Å². The van der Waals surface area contributed by atoms with Crippen LogP contribution in [0, 0.1) is 0 Å². The zero-order valence-corrected chi connectivity index (χ0v) is 26.9. The van der Waals surface area contributed by atoms with Crippen molar-refractivity contribution < 1.29 is 9.47 Å². The average Bonchev–Trinajstić information content (AvgIpc) is 3.76. The number of ether oxygens (including phenoxy) is 2. The second-order valence-electron chi connectivity index (χ2n) is 10.7. The Morgan fingerprint density at radius 3 is 2.36 bits per heavy atom. The van der Waals surface area contributed by atoms with Gasteiger partial charge in [0.05, 0.1) is 28.5 Å². The predicted octanol–water partition coefficient (Wildman–Crippen LogP) is 7.62. The number of halogens is 1. The summed E-state index contributed by atoms with van der Waals surface area (Å²) in [4.78, 5) is 18.7. The Kier molecular flexibility index (Phi) is 9.57. The summed E-state index contributed by atoms with van der Waals surface area (Å²) < 4.78 is 15.3. The first-order valence-electron chi connectivity index (χ1n) is 15.3. The Morgan fingerprint density at radius 2 is 1.62 bits per heavy atom. The molecule has 0 aliphatic carbocycles. The number of para-hydroxylation sites is 1. The molecule has 0 radical (unpaired) electrons. The van der Waals surface area contributed by atoms with Crippen LogP contribution in [0.15, 0.2) is 83.8 Å². The van der Waals surface area contributed by atoms with Gasteiger partial charge in [-0.2, -0.15) is 14.6 Å². The van der Waals surface area contributed by atoms with Crippen LogP contribution in [0.4, 0.5) is 0 Å². The van der Waals surface area contributed by atoms with E-state index in [1.165, 1.54) is 15.9 Å². The molecule has 10 heteroatoms. The van der Waals surface area contributed by atoms with Crippen LogP contribution in [-0.4, -0.2) is 37.6 Å². The third kappa shape index (κ3) is 6.95. The molecule has 0 aliphatic heterocycles. The maximum absolute atomic E-state index is 13.5. The lowest BCUT2D eigenvalue weighted by atomic mass is 10.1. The summed E-state index contributed by atoms with van der Waals surface area (Å²) in [5, 5.41) is 9.94. The second-order valence-corrected chi connectivity index (χ2v) is 12.1. The van der Waals surface area contributed by atoms with Gasteiger partial charge in [-0.05, 0) is 73.5 Å². The first-order valence-corrected chi connectivity index (χ1v) is 16.5. The van der Waals surface area contributed by atoms with Crippen molar-refractivity contribution in [2.24, 2.45) is 0 Å². The van der Waals surface area contributed by atoms with Crippen LogP contribution in [0.2, 0.25) is 5.02 Å². The van der Waals surface area contributed by atoms with Crippen molar-refractivity contribution in [1.82, 2.24) is 24.4 Å². The number of unbranched alkanes of at least 4 members (excludes halogenated alkanes) is 3. The molecule has 6 aromatic rings. The molecule has 3 aromatic carbocycles. The molecule has 0 aliphatic rings. The first kappa shape index (κ1) is 30.6. The minimum Gasteiger partial charge on any atom is -0.494 e. The molecule has 6 rings (SSSR count). The predicted molar refractivity (Wildman–Crippen MR) is 181 cm³/mol. The maximum atomic E-state index is 13.5. The van der Waals surface area contributed by atoms with E-state index in [0.717, 1.165) is 60.2 Å². The summed E-state index contributed by atoms with van der Waals surface area (Å²) in [5.74, 6) is 1.94. The highest BCUT2D eigenvalue weighted by Crippen LogP contribution is 2.32. The Bertz CT molecular complexity index is 2000. The van der Waals surface area contributed by atoms with Crippen LogP contribution in [0.1, 0.15) is 51.5 Å². The Hall–Kier alpha value is -4.47. The van der Waals surface area contributed by atoms with E-state index >= 15 is 0 Å². The molecule has 0 atom stereocenters. The lowest BCUT2D eigenvalue weighted by molar-refractivity contribution is 0.306. The second kappa shape index (κ2) is 14.1. The van der Waals surface area contributed by atoms with E-state index in [2.05, 4.69) is 23.9 Å². The molecule has 0 saturated carbocycles. The molecule has 0 unspecified atom stereocenters. The molecular weight excluding hydrogens is 606 g/mol. The molecule has 0 amide bonds. The third-order valence-corrected chi connectivity index (χ3v) is 8.58. The van der Waals surface area contributed by atoms with Crippen LogP contribution < -0.4 is 19.6 Å². The van der Waals surface area contributed by atoms with Gasteiger partial charge in [-0.25, -0.2) is 4.68 Å². The fourth-order valence-electron chi connectivity index (χ4n) is 4.86. The molecule has 0 spiro atoms.